The molecule has 1 aromatic rings. The number of hydrogen-bond donors (Lipinski definition) is 0. The summed E-state index contributed by atoms with van der Waals surface area (Å²) in [6, 6.07) is 10.2. The standard InChI is InChI=1S/C21H28N2O3/c24-19(22-12-14-26-15-13-22)17-6-4-11-23(16-17)20(25)21(9-5-10-21)18-7-2-1-3-8-18/h1-3,7-8,17H,4-6,9-16H2/t17-/m1/s1. The second-order valence-electron chi connectivity index (χ2n) is 7.83. The number of morpholine rings is 1. The maximum atomic E-state index is 13.4. The molecule has 2 aliphatic heterocycles. The van der Waals surface area contributed by atoms with Crippen molar-refractivity contribution in [2.45, 2.75) is 37.5 Å². The first-order valence-electron chi connectivity index (χ1n) is 9.92. The molecule has 0 unspecified atom stereocenters. The van der Waals surface area contributed by atoms with E-state index in [1.54, 1.807) is 0 Å². The van der Waals surface area contributed by atoms with Crippen LogP contribution in [0, 0.1) is 5.92 Å². The highest BCUT2D eigenvalue weighted by atomic mass is 16.5. The Morgan fingerprint density at radius 3 is 2.35 bits per heavy atom. The van der Waals surface area contributed by atoms with Crippen molar-refractivity contribution in [1.29, 1.82) is 0 Å². The lowest BCUT2D eigenvalue weighted by Crippen LogP contribution is -2.55. The van der Waals surface area contributed by atoms with E-state index in [9.17, 15) is 9.59 Å². The van der Waals surface area contributed by atoms with Crippen molar-refractivity contribution in [3.8, 4) is 0 Å². The van der Waals surface area contributed by atoms with Crippen molar-refractivity contribution in [3.05, 3.63) is 35.9 Å². The average molecular weight is 356 g/mol. The van der Waals surface area contributed by atoms with E-state index in [1.165, 1.54) is 0 Å². The largest absolute Gasteiger partial charge is 0.378 e. The molecule has 1 aliphatic carbocycles. The number of ether oxygens (including phenoxy) is 1. The Morgan fingerprint density at radius 1 is 0.962 bits per heavy atom. The molecule has 1 saturated carbocycles. The molecule has 26 heavy (non-hydrogen) atoms. The normalized spacial score (nSPS) is 25.5. The van der Waals surface area contributed by atoms with Crippen molar-refractivity contribution < 1.29 is 14.3 Å². The molecule has 0 bridgehead atoms. The van der Waals surface area contributed by atoms with E-state index in [-0.39, 0.29) is 23.1 Å². The first-order valence-corrected chi connectivity index (χ1v) is 9.92. The minimum Gasteiger partial charge on any atom is -0.378 e. The van der Waals surface area contributed by atoms with Crippen LogP contribution in [0.2, 0.25) is 0 Å². The van der Waals surface area contributed by atoms with Gasteiger partial charge in [-0.15, -0.1) is 0 Å². The number of carbonyl (C=O) groups is 2. The highest BCUT2D eigenvalue weighted by molar-refractivity contribution is 5.90. The number of piperidine rings is 1. The second-order valence-corrected chi connectivity index (χ2v) is 7.83. The summed E-state index contributed by atoms with van der Waals surface area (Å²) >= 11 is 0. The fraction of sp³-hybridized carbons (Fsp3) is 0.619. The van der Waals surface area contributed by atoms with E-state index >= 15 is 0 Å². The molecule has 5 heteroatoms. The highest BCUT2D eigenvalue weighted by Gasteiger charge is 2.48. The maximum absolute atomic E-state index is 13.4. The van der Waals surface area contributed by atoms with Gasteiger partial charge < -0.3 is 14.5 Å². The minimum absolute atomic E-state index is 0.0568. The molecule has 140 valence electrons. The van der Waals surface area contributed by atoms with Crippen LogP contribution in [0.3, 0.4) is 0 Å². The fourth-order valence-electron chi connectivity index (χ4n) is 4.62. The van der Waals surface area contributed by atoms with Crippen LogP contribution in [-0.2, 0) is 19.7 Å². The van der Waals surface area contributed by atoms with E-state index < -0.39 is 0 Å². The van der Waals surface area contributed by atoms with Gasteiger partial charge >= 0.3 is 0 Å². The van der Waals surface area contributed by atoms with Crippen LogP contribution in [0.1, 0.15) is 37.7 Å². The third kappa shape index (κ3) is 3.13. The maximum Gasteiger partial charge on any atom is 0.233 e. The summed E-state index contributed by atoms with van der Waals surface area (Å²) < 4.78 is 5.35. The molecule has 0 spiro atoms. The van der Waals surface area contributed by atoms with Crippen molar-refractivity contribution in [2.75, 3.05) is 39.4 Å². The number of likely N-dealkylation sites (tertiary alicyclic amines) is 1. The van der Waals surface area contributed by atoms with Gasteiger partial charge in [-0.05, 0) is 31.2 Å². The van der Waals surface area contributed by atoms with E-state index in [4.69, 9.17) is 4.74 Å². The van der Waals surface area contributed by atoms with Crippen LogP contribution in [0.4, 0.5) is 0 Å². The van der Waals surface area contributed by atoms with Crippen LogP contribution < -0.4 is 0 Å². The average Bonchev–Trinajstić information content (AvgIpc) is 2.68. The monoisotopic (exact) mass is 356 g/mol. The number of benzene rings is 1. The first kappa shape index (κ1) is 17.5. The molecule has 0 N–H and O–H groups in total. The van der Waals surface area contributed by atoms with Crippen LogP contribution in [0.15, 0.2) is 30.3 Å². The summed E-state index contributed by atoms with van der Waals surface area (Å²) in [4.78, 5) is 30.2. The van der Waals surface area contributed by atoms with Gasteiger partial charge in [-0.2, -0.15) is 0 Å². The van der Waals surface area contributed by atoms with Gasteiger partial charge in [-0.1, -0.05) is 36.8 Å². The van der Waals surface area contributed by atoms with E-state index in [0.717, 1.165) is 44.2 Å². The minimum atomic E-state index is -0.356. The summed E-state index contributed by atoms with van der Waals surface area (Å²) in [5.74, 6) is 0.376. The first-order chi connectivity index (χ1) is 12.7. The number of hydrogen-bond acceptors (Lipinski definition) is 3. The zero-order valence-electron chi connectivity index (χ0n) is 15.4. The Labute approximate surface area is 155 Å². The molecule has 3 aliphatic rings. The molecule has 5 nitrogen and oxygen atoms in total. The Kier molecular flexibility index (Phi) is 4.98. The lowest BCUT2D eigenvalue weighted by molar-refractivity contribution is -0.148. The van der Waals surface area contributed by atoms with E-state index in [1.807, 2.05) is 28.0 Å². The van der Waals surface area contributed by atoms with Crippen LogP contribution in [-0.4, -0.2) is 61.0 Å². The van der Waals surface area contributed by atoms with Gasteiger partial charge in [0.25, 0.3) is 0 Å². The Bertz CT molecular complexity index is 650. The summed E-state index contributed by atoms with van der Waals surface area (Å²) in [6.07, 6.45) is 4.75. The second kappa shape index (κ2) is 7.39. The van der Waals surface area contributed by atoms with Crippen molar-refractivity contribution in [1.82, 2.24) is 9.80 Å². The molecule has 4 rings (SSSR count). The number of nitrogens with zero attached hydrogens (tertiary/aromatic N) is 2. The van der Waals surface area contributed by atoms with Gasteiger partial charge in [0.2, 0.25) is 11.8 Å². The fourth-order valence-corrected chi connectivity index (χ4v) is 4.62. The van der Waals surface area contributed by atoms with Crippen LogP contribution >= 0.6 is 0 Å². The molecule has 0 aromatic heterocycles. The molecule has 2 heterocycles. The van der Waals surface area contributed by atoms with Crippen molar-refractivity contribution in [3.63, 3.8) is 0 Å². The lowest BCUT2D eigenvalue weighted by Gasteiger charge is -2.46. The molecule has 0 radical (unpaired) electrons. The SMILES string of the molecule is O=C([C@@H]1CCCN(C(=O)C2(c3ccccc3)CCC2)C1)N1CCOCC1. The third-order valence-corrected chi connectivity index (χ3v) is 6.32. The van der Waals surface area contributed by atoms with Gasteiger partial charge in [0.05, 0.1) is 24.5 Å². The Balaban J connectivity index is 1.47. The van der Waals surface area contributed by atoms with Gasteiger partial charge in [0.1, 0.15) is 0 Å². The molecule has 3 fully saturated rings. The zero-order chi connectivity index (χ0) is 18.0. The molecular weight excluding hydrogens is 328 g/mol. The third-order valence-electron chi connectivity index (χ3n) is 6.32. The predicted molar refractivity (Wildman–Crippen MR) is 98.7 cm³/mol. The number of carbonyl (C=O) groups excluding carboxylic acids is 2. The van der Waals surface area contributed by atoms with E-state index in [2.05, 4.69) is 12.1 Å². The lowest BCUT2D eigenvalue weighted by atomic mass is 9.63. The number of rotatable bonds is 3. The molecule has 1 atom stereocenters. The Morgan fingerprint density at radius 2 is 1.69 bits per heavy atom. The summed E-state index contributed by atoms with van der Waals surface area (Å²) in [5.41, 5.74) is 0.781. The van der Waals surface area contributed by atoms with Gasteiger partial charge in [0.15, 0.2) is 0 Å². The van der Waals surface area contributed by atoms with Crippen LogP contribution in [0.25, 0.3) is 0 Å². The van der Waals surface area contributed by atoms with Crippen LogP contribution in [0.5, 0.6) is 0 Å². The van der Waals surface area contributed by atoms with Gasteiger partial charge in [-0.3, -0.25) is 9.59 Å². The summed E-state index contributed by atoms with van der Waals surface area (Å²) in [6.45, 7) is 3.95. The summed E-state index contributed by atoms with van der Waals surface area (Å²) in [7, 11) is 0. The molecule has 1 aromatic carbocycles. The smallest absolute Gasteiger partial charge is 0.233 e. The zero-order valence-corrected chi connectivity index (χ0v) is 15.4. The quantitative estimate of drug-likeness (QED) is 0.834. The Hall–Kier alpha value is -1.88. The molecule has 2 amide bonds. The predicted octanol–water partition coefficient (Wildman–Crippen LogP) is 2.21. The highest BCUT2D eigenvalue weighted by Crippen LogP contribution is 2.45. The van der Waals surface area contributed by atoms with Crippen molar-refractivity contribution in [2.24, 2.45) is 5.92 Å². The van der Waals surface area contributed by atoms with Crippen molar-refractivity contribution >= 4 is 11.8 Å². The van der Waals surface area contributed by atoms with E-state index in [0.29, 0.717) is 32.8 Å². The van der Waals surface area contributed by atoms with Gasteiger partial charge in [0, 0.05) is 26.2 Å². The van der Waals surface area contributed by atoms with Gasteiger partial charge in [-0.25, -0.2) is 0 Å². The summed E-state index contributed by atoms with van der Waals surface area (Å²) in [5, 5.41) is 0. The molecule has 2 saturated heterocycles. The molecular formula is C21H28N2O3. The topological polar surface area (TPSA) is 49.9 Å². The number of amides is 2.